The lowest BCUT2D eigenvalue weighted by molar-refractivity contribution is 0.102. The van der Waals surface area contributed by atoms with Crippen LogP contribution in [-0.4, -0.2) is 5.91 Å². The topological polar surface area (TPSA) is 55.1 Å². The minimum absolute atomic E-state index is 0.181. The predicted octanol–water partition coefficient (Wildman–Crippen LogP) is 3.59. The van der Waals surface area contributed by atoms with Crippen LogP contribution >= 0.6 is 15.9 Å². The summed E-state index contributed by atoms with van der Waals surface area (Å²) < 4.78 is 0.724. The molecule has 0 unspecified atom stereocenters. The molecule has 0 aromatic heterocycles. The van der Waals surface area contributed by atoms with E-state index in [9.17, 15) is 4.79 Å². The number of carbonyl (C=O) groups excluding carboxylic acids is 1. The first kappa shape index (κ1) is 12.6. The zero-order chi connectivity index (χ0) is 13.1. The fraction of sp³-hybridized carbons (Fsp3) is 0.0714. The summed E-state index contributed by atoms with van der Waals surface area (Å²) in [7, 11) is 0. The second kappa shape index (κ2) is 5.23. The number of amides is 1. The molecule has 4 heteroatoms. The van der Waals surface area contributed by atoms with E-state index in [-0.39, 0.29) is 5.91 Å². The maximum Gasteiger partial charge on any atom is 0.256 e. The molecule has 0 bridgehead atoms. The number of nitrogens with two attached hydrogens (primary N) is 1. The number of anilines is 2. The number of aryl methyl sites for hydroxylation is 1. The molecule has 0 spiro atoms. The third kappa shape index (κ3) is 2.90. The Morgan fingerprint density at radius 2 is 2.00 bits per heavy atom. The van der Waals surface area contributed by atoms with Crippen molar-refractivity contribution in [2.24, 2.45) is 0 Å². The predicted molar refractivity (Wildman–Crippen MR) is 77.7 cm³/mol. The molecule has 1 amide bonds. The molecule has 3 nitrogen and oxygen atoms in total. The molecule has 0 heterocycles. The van der Waals surface area contributed by atoms with Gasteiger partial charge in [-0.1, -0.05) is 12.1 Å². The molecule has 0 aliphatic heterocycles. The molecule has 0 aliphatic carbocycles. The first-order chi connectivity index (χ1) is 8.56. The van der Waals surface area contributed by atoms with E-state index in [1.807, 2.05) is 31.2 Å². The Kier molecular flexibility index (Phi) is 3.67. The number of carbonyl (C=O) groups is 1. The van der Waals surface area contributed by atoms with E-state index in [1.165, 1.54) is 0 Å². The van der Waals surface area contributed by atoms with E-state index < -0.39 is 0 Å². The number of rotatable bonds is 2. The highest BCUT2D eigenvalue weighted by atomic mass is 79.9. The number of hydrogen-bond acceptors (Lipinski definition) is 2. The van der Waals surface area contributed by atoms with Crippen molar-refractivity contribution in [1.82, 2.24) is 0 Å². The molecule has 92 valence electrons. The van der Waals surface area contributed by atoms with Gasteiger partial charge in [0.05, 0.1) is 5.56 Å². The van der Waals surface area contributed by atoms with Crippen LogP contribution in [0.3, 0.4) is 0 Å². The average molecular weight is 305 g/mol. The second-order valence-electron chi connectivity index (χ2n) is 4.06. The van der Waals surface area contributed by atoms with Crippen molar-refractivity contribution in [2.45, 2.75) is 6.92 Å². The van der Waals surface area contributed by atoms with E-state index in [1.54, 1.807) is 18.2 Å². The van der Waals surface area contributed by atoms with Gasteiger partial charge in [0.25, 0.3) is 5.91 Å². The molecule has 3 N–H and O–H groups in total. The number of benzene rings is 2. The third-order valence-electron chi connectivity index (χ3n) is 2.51. The summed E-state index contributed by atoms with van der Waals surface area (Å²) in [5, 5.41) is 2.84. The highest BCUT2D eigenvalue weighted by Gasteiger charge is 2.10. The third-order valence-corrected chi connectivity index (χ3v) is 3.20. The van der Waals surface area contributed by atoms with Crippen LogP contribution in [-0.2, 0) is 0 Å². The Balaban J connectivity index is 2.24. The summed E-state index contributed by atoms with van der Waals surface area (Å²) in [5.74, 6) is -0.181. The number of nitrogens with one attached hydrogen (secondary N) is 1. The minimum Gasteiger partial charge on any atom is -0.399 e. The zero-order valence-corrected chi connectivity index (χ0v) is 11.5. The van der Waals surface area contributed by atoms with E-state index in [0.717, 1.165) is 15.7 Å². The van der Waals surface area contributed by atoms with Crippen LogP contribution in [0.4, 0.5) is 11.4 Å². The summed E-state index contributed by atoms with van der Waals surface area (Å²) >= 11 is 3.34. The maximum absolute atomic E-state index is 12.1. The highest BCUT2D eigenvalue weighted by Crippen LogP contribution is 2.21. The molecule has 18 heavy (non-hydrogen) atoms. The standard InChI is InChI=1S/C14H13BrN2O/c1-9-3-2-4-11(7-9)17-14(18)12-8-10(16)5-6-13(12)15/h2-8H,16H2,1H3,(H,17,18). The normalized spacial score (nSPS) is 10.1. The molecule has 2 rings (SSSR count). The largest absolute Gasteiger partial charge is 0.399 e. The average Bonchev–Trinajstić information content (AvgIpc) is 2.32. The van der Waals surface area contributed by atoms with Crippen molar-refractivity contribution >= 4 is 33.2 Å². The van der Waals surface area contributed by atoms with Gasteiger partial charge in [0.15, 0.2) is 0 Å². The fourth-order valence-corrected chi connectivity index (χ4v) is 2.06. The monoisotopic (exact) mass is 304 g/mol. The van der Waals surface area contributed by atoms with Gasteiger partial charge in [-0.05, 0) is 58.7 Å². The van der Waals surface area contributed by atoms with Gasteiger partial charge >= 0.3 is 0 Å². The van der Waals surface area contributed by atoms with Crippen LogP contribution in [0.1, 0.15) is 15.9 Å². The van der Waals surface area contributed by atoms with Gasteiger partial charge in [0.1, 0.15) is 0 Å². The van der Waals surface area contributed by atoms with Crippen molar-refractivity contribution in [2.75, 3.05) is 11.1 Å². The van der Waals surface area contributed by atoms with Crippen LogP contribution < -0.4 is 11.1 Å². The van der Waals surface area contributed by atoms with Crippen LogP contribution in [0.2, 0.25) is 0 Å². The van der Waals surface area contributed by atoms with Crippen molar-refractivity contribution < 1.29 is 4.79 Å². The highest BCUT2D eigenvalue weighted by molar-refractivity contribution is 9.10. The minimum atomic E-state index is -0.181. The Bertz CT molecular complexity index is 596. The van der Waals surface area contributed by atoms with Crippen LogP contribution in [0.5, 0.6) is 0 Å². The molecule has 0 aliphatic rings. The molecular formula is C14H13BrN2O. The molecule has 0 saturated heterocycles. The van der Waals surface area contributed by atoms with Gasteiger partial charge in [0.2, 0.25) is 0 Å². The molecular weight excluding hydrogens is 292 g/mol. The van der Waals surface area contributed by atoms with E-state index >= 15 is 0 Å². The van der Waals surface area contributed by atoms with Gasteiger partial charge in [0, 0.05) is 15.8 Å². The van der Waals surface area contributed by atoms with Crippen molar-refractivity contribution in [3.63, 3.8) is 0 Å². The van der Waals surface area contributed by atoms with Gasteiger partial charge in [-0.2, -0.15) is 0 Å². The molecule has 2 aromatic rings. The van der Waals surface area contributed by atoms with Crippen LogP contribution in [0, 0.1) is 6.92 Å². The quantitative estimate of drug-likeness (QED) is 0.833. The Labute approximate surface area is 114 Å². The number of halogens is 1. The second-order valence-corrected chi connectivity index (χ2v) is 4.92. The Morgan fingerprint density at radius 3 is 2.72 bits per heavy atom. The fourth-order valence-electron chi connectivity index (χ4n) is 1.64. The maximum atomic E-state index is 12.1. The summed E-state index contributed by atoms with van der Waals surface area (Å²) in [6.45, 7) is 1.98. The van der Waals surface area contributed by atoms with Gasteiger partial charge in [-0.15, -0.1) is 0 Å². The summed E-state index contributed by atoms with van der Waals surface area (Å²) in [4.78, 5) is 12.1. The SMILES string of the molecule is Cc1cccc(NC(=O)c2cc(N)ccc2Br)c1. The summed E-state index contributed by atoms with van der Waals surface area (Å²) in [6, 6.07) is 12.8. The van der Waals surface area contributed by atoms with Gasteiger partial charge in [-0.25, -0.2) is 0 Å². The molecule has 0 saturated carbocycles. The van der Waals surface area contributed by atoms with Gasteiger partial charge in [-0.3, -0.25) is 4.79 Å². The Morgan fingerprint density at radius 1 is 1.22 bits per heavy atom. The molecule has 0 radical (unpaired) electrons. The first-order valence-electron chi connectivity index (χ1n) is 5.49. The smallest absolute Gasteiger partial charge is 0.256 e. The van der Waals surface area contributed by atoms with Crippen molar-refractivity contribution in [3.8, 4) is 0 Å². The first-order valence-corrected chi connectivity index (χ1v) is 6.28. The van der Waals surface area contributed by atoms with E-state index in [0.29, 0.717) is 11.3 Å². The number of hydrogen-bond donors (Lipinski definition) is 2. The van der Waals surface area contributed by atoms with Crippen LogP contribution in [0.25, 0.3) is 0 Å². The zero-order valence-electron chi connectivity index (χ0n) is 9.91. The molecule has 0 fully saturated rings. The molecule has 0 atom stereocenters. The number of nitrogen functional groups attached to an aromatic ring is 1. The van der Waals surface area contributed by atoms with E-state index in [2.05, 4.69) is 21.2 Å². The summed E-state index contributed by atoms with van der Waals surface area (Å²) in [5.41, 5.74) is 8.64. The van der Waals surface area contributed by atoms with E-state index in [4.69, 9.17) is 5.73 Å². The summed E-state index contributed by atoms with van der Waals surface area (Å²) in [6.07, 6.45) is 0. The Hall–Kier alpha value is -1.81. The lowest BCUT2D eigenvalue weighted by Crippen LogP contribution is -2.13. The van der Waals surface area contributed by atoms with Crippen molar-refractivity contribution in [1.29, 1.82) is 0 Å². The lowest BCUT2D eigenvalue weighted by Gasteiger charge is -2.08. The lowest BCUT2D eigenvalue weighted by atomic mass is 10.1. The van der Waals surface area contributed by atoms with Crippen molar-refractivity contribution in [3.05, 3.63) is 58.1 Å². The van der Waals surface area contributed by atoms with Gasteiger partial charge < -0.3 is 11.1 Å². The molecule has 2 aromatic carbocycles. The van der Waals surface area contributed by atoms with Crippen LogP contribution in [0.15, 0.2) is 46.9 Å².